The Morgan fingerprint density at radius 3 is 2.35 bits per heavy atom. The Kier molecular flexibility index (Phi) is 7.13. The van der Waals surface area contributed by atoms with E-state index in [1.165, 1.54) is 6.92 Å². The lowest BCUT2D eigenvalue weighted by Crippen LogP contribution is -2.37. The van der Waals surface area contributed by atoms with Crippen LogP contribution in [0, 0.1) is 13.8 Å². The van der Waals surface area contributed by atoms with Crippen molar-refractivity contribution >= 4 is 23.5 Å². The van der Waals surface area contributed by atoms with Crippen molar-refractivity contribution in [2.45, 2.75) is 46.4 Å². The van der Waals surface area contributed by atoms with Crippen molar-refractivity contribution in [2.24, 2.45) is 0 Å². The molecule has 0 unspecified atom stereocenters. The Labute approximate surface area is 187 Å². The minimum absolute atomic E-state index is 0.171. The van der Waals surface area contributed by atoms with Crippen molar-refractivity contribution in [3.63, 3.8) is 0 Å². The first-order valence-electron chi connectivity index (χ1n) is 10.1. The fourth-order valence-corrected chi connectivity index (χ4v) is 3.50. The van der Waals surface area contributed by atoms with E-state index < -0.39 is 12.1 Å². The first-order valence-corrected chi connectivity index (χ1v) is 10.5. The second-order valence-corrected chi connectivity index (χ2v) is 7.94. The molecule has 2 atom stereocenters. The smallest absolute Gasteiger partial charge is 0.343 e. The fourth-order valence-electron chi connectivity index (χ4n) is 3.19. The maximum absolute atomic E-state index is 12.7. The monoisotopic (exact) mass is 439 g/mol. The van der Waals surface area contributed by atoms with Crippen LogP contribution in [0.15, 0.2) is 54.6 Å². The summed E-state index contributed by atoms with van der Waals surface area (Å²) < 4.78 is 6.94. The number of esters is 1. The second kappa shape index (κ2) is 9.79. The third-order valence-corrected chi connectivity index (χ3v) is 5.42. The number of carbonyl (C=O) groups is 2. The highest BCUT2D eigenvalue weighted by Gasteiger charge is 2.26. The lowest BCUT2D eigenvalue weighted by atomic mass is 10.1. The molecule has 3 aromatic rings. The number of nitrogens with one attached hydrogen (secondary N) is 1. The normalized spacial score (nSPS) is 12.8. The molecule has 0 saturated carbocycles. The Hall–Kier alpha value is -3.12. The number of benzene rings is 2. The number of nitrogens with zero attached hydrogens (tertiary/aromatic N) is 2. The van der Waals surface area contributed by atoms with E-state index in [1.54, 1.807) is 11.6 Å². The average molecular weight is 440 g/mol. The second-order valence-electron chi connectivity index (χ2n) is 7.58. The summed E-state index contributed by atoms with van der Waals surface area (Å²) in [6, 6.07) is 17.3. The number of halogens is 1. The van der Waals surface area contributed by atoms with Gasteiger partial charge in [-0.1, -0.05) is 71.8 Å². The van der Waals surface area contributed by atoms with Gasteiger partial charge in [-0.25, -0.2) is 9.48 Å². The highest BCUT2D eigenvalue weighted by molar-refractivity contribution is 6.32. The number of amides is 1. The van der Waals surface area contributed by atoms with Crippen LogP contribution >= 0.6 is 11.6 Å². The molecule has 0 aliphatic rings. The van der Waals surface area contributed by atoms with Gasteiger partial charge in [-0.05, 0) is 38.8 Å². The largest absolute Gasteiger partial charge is 0.449 e. The van der Waals surface area contributed by atoms with Crippen molar-refractivity contribution in [1.82, 2.24) is 15.1 Å². The van der Waals surface area contributed by atoms with E-state index in [2.05, 4.69) is 10.4 Å². The van der Waals surface area contributed by atoms with Crippen molar-refractivity contribution < 1.29 is 14.3 Å². The molecule has 31 heavy (non-hydrogen) atoms. The third kappa shape index (κ3) is 5.52. The van der Waals surface area contributed by atoms with Gasteiger partial charge >= 0.3 is 5.97 Å². The van der Waals surface area contributed by atoms with Gasteiger partial charge in [0.15, 0.2) is 6.10 Å². The van der Waals surface area contributed by atoms with Gasteiger partial charge in [0, 0.05) is 0 Å². The molecular formula is C24H26ClN3O3. The summed E-state index contributed by atoms with van der Waals surface area (Å²) in [7, 11) is 0. The third-order valence-electron chi connectivity index (χ3n) is 5.03. The first kappa shape index (κ1) is 22.6. The van der Waals surface area contributed by atoms with Crippen LogP contribution in [-0.4, -0.2) is 27.8 Å². The molecule has 1 amide bonds. The predicted octanol–water partition coefficient (Wildman–Crippen LogP) is 4.62. The van der Waals surface area contributed by atoms with Crippen LogP contribution in [0.4, 0.5) is 0 Å². The molecule has 0 radical (unpaired) electrons. The molecule has 3 rings (SSSR count). The van der Waals surface area contributed by atoms with E-state index >= 15 is 0 Å². The standard InChI is InChI=1S/C24H26ClN3O3/c1-15-10-12-19(13-11-15)14-28-22(25)21(17(3)27-28)24(30)31-18(4)23(29)26-16(2)20-8-6-5-7-9-20/h5-13,16,18H,14H2,1-4H3,(H,26,29)/t16-,18-/m0/s1. The maximum atomic E-state index is 12.7. The predicted molar refractivity (Wildman–Crippen MR) is 120 cm³/mol. The lowest BCUT2D eigenvalue weighted by Gasteiger charge is -2.18. The van der Waals surface area contributed by atoms with Crippen molar-refractivity contribution in [1.29, 1.82) is 0 Å². The van der Waals surface area contributed by atoms with Crippen molar-refractivity contribution in [3.05, 3.63) is 87.7 Å². The van der Waals surface area contributed by atoms with Crippen molar-refractivity contribution in [2.75, 3.05) is 0 Å². The molecule has 0 aliphatic heterocycles. The SMILES string of the molecule is Cc1ccc(Cn2nc(C)c(C(=O)O[C@@H](C)C(=O)N[C@@H](C)c3ccccc3)c2Cl)cc1. The minimum atomic E-state index is -0.977. The number of carbonyl (C=O) groups excluding carboxylic acids is 2. The van der Waals surface area contributed by atoms with Crippen LogP contribution in [0.1, 0.15) is 52.6 Å². The summed E-state index contributed by atoms with van der Waals surface area (Å²) in [6.07, 6.45) is -0.977. The van der Waals surface area contributed by atoms with E-state index in [0.717, 1.165) is 16.7 Å². The van der Waals surface area contributed by atoms with Gasteiger partial charge < -0.3 is 10.1 Å². The molecular weight excluding hydrogens is 414 g/mol. The molecule has 6 nitrogen and oxygen atoms in total. The van der Waals surface area contributed by atoms with Crippen LogP contribution < -0.4 is 5.32 Å². The fraction of sp³-hybridized carbons (Fsp3) is 0.292. The van der Waals surface area contributed by atoms with Crippen LogP contribution in [0.3, 0.4) is 0 Å². The molecule has 0 spiro atoms. The summed E-state index contributed by atoms with van der Waals surface area (Å²) in [5.41, 5.74) is 3.75. The molecule has 2 aromatic carbocycles. The van der Waals surface area contributed by atoms with Crippen molar-refractivity contribution in [3.8, 4) is 0 Å². The Morgan fingerprint density at radius 1 is 1.06 bits per heavy atom. The Morgan fingerprint density at radius 2 is 1.71 bits per heavy atom. The number of ether oxygens (including phenoxy) is 1. The van der Waals surface area contributed by atoms with Crippen LogP contribution in [0.5, 0.6) is 0 Å². The molecule has 1 aromatic heterocycles. The summed E-state index contributed by atoms with van der Waals surface area (Å²) in [5.74, 6) is -1.06. The van der Waals surface area contributed by atoms with Crippen LogP contribution in [0.25, 0.3) is 0 Å². The van der Waals surface area contributed by atoms with Gasteiger partial charge in [0.2, 0.25) is 0 Å². The zero-order valence-electron chi connectivity index (χ0n) is 18.1. The molecule has 162 valence electrons. The van der Waals surface area contributed by atoms with E-state index in [1.807, 2.05) is 68.4 Å². The molecule has 7 heteroatoms. The summed E-state index contributed by atoms with van der Waals surface area (Å²) in [6.45, 7) is 7.54. The highest BCUT2D eigenvalue weighted by atomic mass is 35.5. The number of aryl methyl sites for hydroxylation is 2. The number of aromatic nitrogens is 2. The molecule has 1 N–H and O–H groups in total. The molecule has 0 fully saturated rings. The van der Waals surface area contributed by atoms with Gasteiger partial charge in [0.05, 0.1) is 18.3 Å². The average Bonchev–Trinajstić information content (AvgIpc) is 3.03. The number of hydrogen-bond donors (Lipinski definition) is 1. The highest BCUT2D eigenvalue weighted by Crippen LogP contribution is 2.23. The van der Waals surface area contributed by atoms with E-state index in [4.69, 9.17) is 16.3 Å². The van der Waals surface area contributed by atoms with E-state index in [0.29, 0.717) is 12.2 Å². The molecule has 1 heterocycles. The zero-order valence-corrected chi connectivity index (χ0v) is 18.8. The zero-order chi connectivity index (χ0) is 22.5. The lowest BCUT2D eigenvalue weighted by molar-refractivity contribution is -0.129. The number of rotatable bonds is 7. The van der Waals surface area contributed by atoms with Gasteiger partial charge in [-0.2, -0.15) is 5.10 Å². The van der Waals surface area contributed by atoms with Crippen LogP contribution in [-0.2, 0) is 16.1 Å². The van der Waals surface area contributed by atoms with Crippen LogP contribution in [0.2, 0.25) is 5.15 Å². The van der Waals surface area contributed by atoms with Gasteiger partial charge in [-0.3, -0.25) is 4.79 Å². The number of hydrogen-bond acceptors (Lipinski definition) is 4. The quantitative estimate of drug-likeness (QED) is 0.545. The maximum Gasteiger partial charge on any atom is 0.343 e. The Balaban J connectivity index is 1.66. The van der Waals surface area contributed by atoms with Gasteiger partial charge in [-0.15, -0.1) is 0 Å². The van der Waals surface area contributed by atoms with E-state index in [-0.39, 0.29) is 22.7 Å². The Bertz CT molecular complexity index is 1060. The first-order chi connectivity index (χ1) is 14.8. The van der Waals surface area contributed by atoms with Gasteiger partial charge in [0.25, 0.3) is 5.91 Å². The molecule has 0 saturated heterocycles. The van der Waals surface area contributed by atoms with Gasteiger partial charge in [0.1, 0.15) is 10.7 Å². The summed E-state index contributed by atoms with van der Waals surface area (Å²) in [4.78, 5) is 25.2. The molecule has 0 aliphatic carbocycles. The topological polar surface area (TPSA) is 73.2 Å². The summed E-state index contributed by atoms with van der Waals surface area (Å²) in [5, 5.41) is 7.42. The molecule has 0 bridgehead atoms. The minimum Gasteiger partial charge on any atom is -0.449 e. The summed E-state index contributed by atoms with van der Waals surface area (Å²) >= 11 is 6.43. The van der Waals surface area contributed by atoms with E-state index in [9.17, 15) is 9.59 Å².